The molecule has 0 atom stereocenters. The van der Waals surface area contributed by atoms with E-state index in [0.717, 1.165) is 13.0 Å². The van der Waals surface area contributed by atoms with Gasteiger partial charge in [0.25, 0.3) is 0 Å². The largest absolute Gasteiger partial charge is 0.359 e. The molecule has 0 heterocycles. The van der Waals surface area contributed by atoms with Crippen LogP contribution < -0.4 is 5.32 Å². The highest BCUT2D eigenvalue weighted by atomic mass is 16.1. The van der Waals surface area contributed by atoms with Gasteiger partial charge in [0.15, 0.2) is 0 Å². The van der Waals surface area contributed by atoms with Crippen LogP contribution in [0.25, 0.3) is 0 Å². The Balaban J connectivity index is 3.37. The first-order valence-electron chi connectivity index (χ1n) is 4.48. The second-order valence-corrected chi connectivity index (χ2v) is 3.35. The molecule has 1 amide bonds. The number of rotatable bonds is 5. The lowest BCUT2D eigenvalue weighted by Crippen LogP contribution is -2.28. The molecule has 0 rings (SSSR count). The van der Waals surface area contributed by atoms with Crippen LogP contribution in [0.1, 0.15) is 26.7 Å². The number of nitrogens with one attached hydrogen (secondary N) is 1. The summed E-state index contributed by atoms with van der Waals surface area (Å²) in [5.74, 6) is 0.132. The third-order valence-electron chi connectivity index (χ3n) is 2.08. The Bertz CT molecular complexity index is 134. The molecule has 0 aromatic rings. The molecule has 0 radical (unpaired) electrons. The van der Waals surface area contributed by atoms with E-state index in [0.29, 0.717) is 12.5 Å². The maximum atomic E-state index is 10.8. The minimum absolute atomic E-state index is 0.132. The number of carbonyl (C=O) groups excluding carboxylic acids is 1. The summed E-state index contributed by atoms with van der Waals surface area (Å²) in [4.78, 5) is 13.1. The minimum Gasteiger partial charge on any atom is -0.359 e. The first kappa shape index (κ1) is 11.4. The molecule has 1 N–H and O–H groups in total. The van der Waals surface area contributed by atoms with Crippen LogP contribution in [0.5, 0.6) is 0 Å². The SMILES string of the molecule is CNC(=O)CCCN(C)C(C)C. The number of nitrogens with zero attached hydrogens (tertiary/aromatic N) is 1. The van der Waals surface area contributed by atoms with E-state index in [-0.39, 0.29) is 5.91 Å². The molecule has 0 unspecified atom stereocenters. The van der Waals surface area contributed by atoms with Crippen LogP contribution in [0.4, 0.5) is 0 Å². The molecule has 3 nitrogen and oxygen atoms in total. The van der Waals surface area contributed by atoms with E-state index in [2.05, 4.69) is 31.1 Å². The third-order valence-corrected chi connectivity index (χ3v) is 2.08. The number of carbonyl (C=O) groups is 1. The monoisotopic (exact) mass is 172 g/mol. The fourth-order valence-corrected chi connectivity index (χ4v) is 0.872. The minimum atomic E-state index is 0.132. The number of hydrogen-bond donors (Lipinski definition) is 1. The molecule has 0 aliphatic rings. The van der Waals surface area contributed by atoms with Gasteiger partial charge in [-0.25, -0.2) is 0 Å². The Morgan fingerprint density at radius 1 is 1.50 bits per heavy atom. The zero-order valence-electron chi connectivity index (χ0n) is 8.55. The van der Waals surface area contributed by atoms with Crippen LogP contribution in [0.15, 0.2) is 0 Å². The van der Waals surface area contributed by atoms with Crippen molar-refractivity contribution in [3.8, 4) is 0 Å². The van der Waals surface area contributed by atoms with E-state index < -0.39 is 0 Å². The van der Waals surface area contributed by atoms with Crippen LogP contribution in [0, 0.1) is 0 Å². The van der Waals surface area contributed by atoms with Gasteiger partial charge in [-0.15, -0.1) is 0 Å². The van der Waals surface area contributed by atoms with Crippen LogP contribution in [-0.2, 0) is 4.79 Å². The second-order valence-electron chi connectivity index (χ2n) is 3.35. The zero-order chi connectivity index (χ0) is 9.56. The number of hydrogen-bond acceptors (Lipinski definition) is 2. The molecule has 0 aromatic heterocycles. The van der Waals surface area contributed by atoms with Gasteiger partial charge in [0.05, 0.1) is 0 Å². The maximum absolute atomic E-state index is 10.8. The fourth-order valence-electron chi connectivity index (χ4n) is 0.872. The summed E-state index contributed by atoms with van der Waals surface area (Å²) in [6.07, 6.45) is 1.57. The highest BCUT2D eigenvalue weighted by Gasteiger charge is 2.03. The fraction of sp³-hybridized carbons (Fsp3) is 0.889. The van der Waals surface area contributed by atoms with Gasteiger partial charge >= 0.3 is 0 Å². The Morgan fingerprint density at radius 2 is 2.08 bits per heavy atom. The van der Waals surface area contributed by atoms with Crippen molar-refractivity contribution in [2.75, 3.05) is 20.6 Å². The molecule has 3 heteroatoms. The van der Waals surface area contributed by atoms with Crippen molar-refractivity contribution in [3.63, 3.8) is 0 Å². The molecule has 12 heavy (non-hydrogen) atoms. The summed E-state index contributed by atoms with van der Waals surface area (Å²) in [6.45, 7) is 5.30. The molecule has 0 aliphatic carbocycles. The summed E-state index contributed by atoms with van der Waals surface area (Å²) in [5.41, 5.74) is 0. The van der Waals surface area contributed by atoms with Gasteiger partial charge in [-0.1, -0.05) is 0 Å². The van der Waals surface area contributed by atoms with Crippen LogP contribution >= 0.6 is 0 Å². The average Bonchev–Trinajstić information content (AvgIpc) is 2.03. The van der Waals surface area contributed by atoms with Crippen molar-refractivity contribution >= 4 is 5.91 Å². The molecule has 0 saturated carbocycles. The Hall–Kier alpha value is -0.570. The summed E-state index contributed by atoms with van der Waals surface area (Å²) >= 11 is 0. The highest BCUT2D eigenvalue weighted by Crippen LogP contribution is 1.97. The lowest BCUT2D eigenvalue weighted by Gasteiger charge is -2.20. The first-order chi connectivity index (χ1) is 5.57. The van der Waals surface area contributed by atoms with Crippen molar-refractivity contribution < 1.29 is 4.79 Å². The zero-order valence-corrected chi connectivity index (χ0v) is 8.55. The summed E-state index contributed by atoms with van der Waals surface area (Å²) in [7, 11) is 3.75. The van der Waals surface area contributed by atoms with E-state index in [4.69, 9.17) is 0 Å². The quantitative estimate of drug-likeness (QED) is 0.667. The lowest BCUT2D eigenvalue weighted by atomic mass is 10.2. The standard InChI is InChI=1S/C9H20N2O/c1-8(2)11(4)7-5-6-9(12)10-3/h8H,5-7H2,1-4H3,(H,10,12). The Morgan fingerprint density at radius 3 is 2.50 bits per heavy atom. The summed E-state index contributed by atoms with van der Waals surface area (Å²) in [6, 6.07) is 0.565. The van der Waals surface area contributed by atoms with Gasteiger partial charge in [0.2, 0.25) is 5.91 Å². The molecular formula is C9H20N2O. The van der Waals surface area contributed by atoms with Crippen molar-refractivity contribution in [2.45, 2.75) is 32.7 Å². The smallest absolute Gasteiger partial charge is 0.219 e. The van der Waals surface area contributed by atoms with Gasteiger partial charge in [-0.2, -0.15) is 0 Å². The molecule has 0 aromatic carbocycles. The van der Waals surface area contributed by atoms with Crippen LogP contribution in [0.3, 0.4) is 0 Å². The maximum Gasteiger partial charge on any atom is 0.219 e. The van der Waals surface area contributed by atoms with E-state index in [1.807, 2.05) is 0 Å². The molecule has 0 spiro atoms. The normalized spacial score (nSPS) is 10.8. The van der Waals surface area contributed by atoms with Gasteiger partial charge in [0, 0.05) is 19.5 Å². The van der Waals surface area contributed by atoms with E-state index in [9.17, 15) is 4.79 Å². The predicted molar refractivity (Wildman–Crippen MR) is 51.1 cm³/mol. The molecule has 0 saturated heterocycles. The van der Waals surface area contributed by atoms with E-state index in [1.165, 1.54) is 0 Å². The lowest BCUT2D eigenvalue weighted by molar-refractivity contribution is -0.120. The second kappa shape index (κ2) is 6.00. The molecule has 0 bridgehead atoms. The third kappa shape index (κ3) is 5.13. The van der Waals surface area contributed by atoms with Gasteiger partial charge in [-0.05, 0) is 33.9 Å². The topological polar surface area (TPSA) is 32.3 Å². The first-order valence-corrected chi connectivity index (χ1v) is 4.48. The molecule has 0 fully saturated rings. The van der Waals surface area contributed by atoms with Crippen LogP contribution in [0.2, 0.25) is 0 Å². The van der Waals surface area contributed by atoms with Gasteiger partial charge < -0.3 is 10.2 Å². The van der Waals surface area contributed by atoms with Crippen molar-refractivity contribution in [3.05, 3.63) is 0 Å². The average molecular weight is 172 g/mol. The molecular weight excluding hydrogens is 152 g/mol. The summed E-state index contributed by atoms with van der Waals surface area (Å²) < 4.78 is 0. The van der Waals surface area contributed by atoms with Crippen molar-refractivity contribution in [2.24, 2.45) is 0 Å². The number of amides is 1. The Labute approximate surface area is 75.1 Å². The van der Waals surface area contributed by atoms with Gasteiger partial charge in [0.1, 0.15) is 0 Å². The van der Waals surface area contributed by atoms with Gasteiger partial charge in [-0.3, -0.25) is 4.79 Å². The van der Waals surface area contributed by atoms with Crippen molar-refractivity contribution in [1.29, 1.82) is 0 Å². The molecule has 72 valence electrons. The van der Waals surface area contributed by atoms with E-state index >= 15 is 0 Å². The van der Waals surface area contributed by atoms with E-state index in [1.54, 1.807) is 7.05 Å². The van der Waals surface area contributed by atoms with Crippen LogP contribution in [-0.4, -0.2) is 37.5 Å². The molecule has 0 aliphatic heterocycles. The highest BCUT2D eigenvalue weighted by molar-refractivity contribution is 5.75. The van der Waals surface area contributed by atoms with Crippen molar-refractivity contribution in [1.82, 2.24) is 10.2 Å². The predicted octanol–water partition coefficient (Wildman–Crippen LogP) is 0.853. The Kier molecular flexibility index (Phi) is 5.72. The summed E-state index contributed by atoms with van der Waals surface area (Å²) in [5, 5.41) is 2.61.